The molecule has 116 heavy (non-hydrogen) atoms. The number of unbranched alkanes of at least 4 members (excludes halogenated alkanes) is 3. The topological polar surface area (TPSA) is 37.3 Å². The summed E-state index contributed by atoms with van der Waals surface area (Å²) in [6.45, 7) is 1.58. The molecule has 1 unspecified atom stereocenters. The van der Waals surface area contributed by atoms with Crippen molar-refractivity contribution in [2.45, 2.75) is 68.6 Å². The number of rotatable bonds is 14. The van der Waals surface area contributed by atoms with Gasteiger partial charge in [0, 0.05) is 41.9 Å². The van der Waals surface area contributed by atoms with E-state index in [1.165, 1.54) is 0 Å². The Kier molecular flexibility index (Phi) is 32.5. The zero-order valence-corrected chi connectivity index (χ0v) is 57.0. The van der Waals surface area contributed by atoms with E-state index in [1.54, 1.807) is 6.92 Å². The monoisotopic (exact) mass is 1780 g/mol. The van der Waals surface area contributed by atoms with E-state index in [1.807, 2.05) is 0 Å². The first-order valence-corrected chi connectivity index (χ1v) is 32.1. The van der Waals surface area contributed by atoms with E-state index in [0.29, 0.717) is 61.4 Å². The van der Waals surface area contributed by atoms with Gasteiger partial charge in [-0.25, -0.2) is 154 Å². The van der Waals surface area contributed by atoms with Crippen LogP contribution in [-0.4, -0.2) is 50.0 Å². The van der Waals surface area contributed by atoms with Crippen LogP contribution < -0.4 is 5.30 Å². The molecule has 0 bridgehead atoms. The fourth-order valence-corrected chi connectivity index (χ4v) is 10.6. The first kappa shape index (κ1) is 98.7. The molecule has 0 aliphatic heterocycles. The molecule has 2 nitrogen and oxygen atoms in total. The zero-order chi connectivity index (χ0) is 89.7. The van der Waals surface area contributed by atoms with Gasteiger partial charge < -0.3 is 0 Å². The van der Waals surface area contributed by atoms with Crippen molar-refractivity contribution in [3.63, 3.8) is 0 Å². The second-order valence-corrected chi connectivity index (χ2v) is 24.3. The van der Waals surface area contributed by atoms with E-state index in [-0.39, 0.29) is 13.1 Å². The molecule has 0 spiro atoms. The molecule has 50 heteroatoms. The summed E-state index contributed by atoms with van der Waals surface area (Å²) in [7, 11) is -4.39. The Morgan fingerprint density at radius 2 is 0.517 bits per heavy atom. The van der Waals surface area contributed by atoms with Crippen molar-refractivity contribution >= 4 is 28.7 Å². The van der Waals surface area contributed by atoms with Crippen LogP contribution in [0.15, 0.2) is 54.6 Å². The molecule has 0 aromatic heterocycles. The molecule has 0 saturated heterocycles. The Morgan fingerprint density at radius 3 is 0.733 bits per heavy atom. The summed E-state index contributed by atoms with van der Waals surface area (Å²) < 4.78 is 625. The molecule has 9 aromatic carbocycles. The van der Waals surface area contributed by atoms with Crippen molar-refractivity contribution in [3.8, 4) is 44.5 Å². The maximum absolute atomic E-state index is 14.4. The van der Waals surface area contributed by atoms with Crippen molar-refractivity contribution in [2.75, 3.05) is 6.66 Å². The predicted molar refractivity (Wildman–Crippen MR) is 307 cm³/mol. The number of alkyl halides is 11. The van der Waals surface area contributed by atoms with Crippen LogP contribution >= 0.6 is 7.92 Å². The number of benzene rings is 9. The fourth-order valence-electron chi connectivity index (χ4n) is 9.01. The third-order valence-electron chi connectivity index (χ3n) is 14.8. The summed E-state index contributed by atoms with van der Waals surface area (Å²) in [6, 6.07) is 2.03. The van der Waals surface area contributed by atoms with Gasteiger partial charge in [0.15, 0.2) is 175 Å². The van der Waals surface area contributed by atoms with Gasteiger partial charge in [0.25, 0.3) is 0 Å². The van der Waals surface area contributed by atoms with Gasteiger partial charge in [-0.2, -0.15) is 48.3 Å². The molecule has 0 saturated carbocycles. The summed E-state index contributed by atoms with van der Waals surface area (Å²) >= 11 is -1.50. The van der Waals surface area contributed by atoms with Crippen molar-refractivity contribution in [3.05, 3.63) is 264 Å². The van der Waals surface area contributed by atoms with Gasteiger partial charge in [-0.15, -0.1) is 0 Å². The van der Waals surface area contributed by atoms with Gasteiger partial charge in [0.05, 0.1) is 22.3 Å². The van der Waals surface area contributed by atoms with Gasteiger partial charge in [0.1, 0.15) is 11.4 Å². The minimum atomic E-state index is -6.73. The second kappa shape index (κ2) is 38.2. The van der Waals surface area contributed by atoms with Gasteiger partial charge in [0.2, 0.25) is 23.3 Å². The second-order valence-electron chi connectivity index (χ2n) is 21.9. The third-order valence-corrected chi connectivity index (χ3v) is 17.0. The first-order chi connectivity index (χ1) is 53.2. The summed E-state index contributed by atoms with van der Waals surface area (Å²) in [4.78, 5) is 0. The molecule has 0 radical (unpaired) electrons. The van der Waals surface area contributed by atoms with E-state index in [0.717, 1.165) is 0 Å². The fraction of sp³-hybridized carbons (Fsp3) is 0.182. The summed E-state index contributed by atoms with van der Waals surface area (Å²) in [5.74, 6) is -97.3. The predicted octanol–water partition coefficient (Wildman–Crippen LogP) is 25.1. The molecule has 0 heterocycles. The Balaban J connectivity index is 0.000000307. The van der Waals surface area contributed by atoms with Crippen molar-refractivity contribution in [1.29, 1.82) is 0 Å². The molecular formula is C66H26AlF46O2P. The molecule has 632 valence electrons. The Bertz CT molecular complexity index is 4590. The Morgan fingerprint density at radius 1 is 0.293 bits per heavy atom. The molecule has 0 aliphatic carbocycles. The molecule has 9 aromatic rings. The molecular weight excluding hydrogens is 1760 g/mol. The summed E-state index contributed by atoms with van der Waals surface area (Å²) in [6.07, 6.45) is -8.31. The molecule has 0 aliphatic rings. The SMILES string of the molecule is CCCCCCC(F)(F)C(F)(F)C(F)(F)P(C)c1cc(F)c(F)c(C(F)(F)C(F)(F)F)c1F.Fc1ccc(-c2c(F)c(F)c(F)c(F)c2F)c(F)c1F.Fc1ccc(-c2c(F)c(F)c(F)c(F)c2F)c(F)c1F.Fc1ccc(-c2c(F)c(F)c(F)c(F)c2F)c(F)c1F.Fc1ccc(-c2c(F)c(F)c(F)c(F)c2F)c(F)c1F.[O]=[Al][OH]. The number of hydrogen-bond acceptors (Lipinski definition) is 1. The van der Waals surface area contributed by atoms with E-state index in [2.05, 4.69) is 0 Å². The quantitative estimate of drug-likeness (QED) is 0.0294. The average Bonchev–Trinajstić information content (AvgIpc) is 0.731. The van der Waals surface area contributed by atoms with Crippen molar-refractivity contribution in [2.24, 2.45) is 0 Å². The van der Waals surface area contributed by atoms with Gasteiger partial charge in [-0.3, -0.25) is 0 Å². The van der Waals surface area contributed by atoms with Crippen LogP contribution in [0.1, 0.15) is 44.6 Å². The van der Waals surface area contributed by atoms with Crippen LogP contribution in [0.2, 0.25) is 0 Å². The molecule has 1 N–H and O–H groups in total. The zero-order valence-electron chi connectivity index (χ0n) is 55.0. The molecule has 1 atom stereocenters. The van der Waals surface area contributed by atoms with Crippen LogP contribution in [0, 0.1) is 204 Å². The van der Waals surface area contributed by atoms with Gasteiger partial charge in [-0.1, -0.05) is 26.2 Å². The van der Waals surface area contributed by atoms with Gasteiger partial charge in [-0.05, 0) is 67.7 Å². The standard InChI is InChI=1S/C18H17F14P.4C12H2F8.Al.H2O.O/c1-3-4-5-6-7-14(22,23)16(26,27)18(31,32)33(2)10-8-9(19)12(20)11(13(10)21)15(24,25)17(28,29)30;4*13-4-2-1-3(6(14)7(4)15)5-8(16)10(18)12(20)11(19)9(5)17;;;/h8H,3-7H2,1-2H3;4*1-2H;;1H2;/q;;;;;+1;;/p-1. The molecule has 0 amide bonds. The van der Waals surface area contributed by atoms with E-state index >= 15 is 0 Å². The van der Waals surface area contributed by atoms with Crippen LogP contribution in [0.3, 0.4) is 0 Å². The first-order valence-electron chi connectivity index (χ1n) is 29.4. The third kappa shape index (κ3) is 19.3. The summed E-state index contributed by atoms with van der Waals surface area (Å²) in [5.41, 5.74) is -21.1. The normalized spacial score (nSPS) is 12.0. The van der Waals surface area contributed by atoms with Crippen LogP contribution in [-0.2, 0) is 9.73 Å². The van der Waals surface area contributed by atoms with E-state index < -0.39 is 331 Å². The summed E-state index contributed by atoms with van der Waals surface area (Å²) in [5, 5.41) is -2.20. The maximum atomic E-state index is 14.4. The van der Waals surface area contributed by atoms with Crippen LogP contribution in [0.4, 0.5) is 202 Å². The van der Waals surface area contributed by atoms with Gasteiger partial charge >= 0.3 is 53.1 Å². The van der Waals surface area contributed by atoms with Crippen LogP contribution in [0.5, 0.6) is 0 Å². The Hall–Kier alpha value is -9.68. The van der Waals surface area contributed by atoms with Crippen molar-refractivity contribution in [1.82, 2.24) is 0 Å². The van der Waals surface area contributed by atoms with E-state index in [4.69, 9.17) is 7.96 Å². The van der Waals surface area contributed by atoms with E-state index in [9.17, 15) is 202 Å². The molecule has 9 rings (SSSR count). The number of halogens is 46. The molecule has 0 fully saturated rings. The Labute approximate surface area is 620 Å². The minimum absolute atomic E-state index is 0.0255. The average molecular weight is 1780 g/mol. The van der Waals surface area contributed by atoms with Crippen molar-refractivity contribution < 1.29 is 210 Å². The van der Waals surface area contributed by atoms with Crippen LogP contribution in [0.25, 0.3) is 44.5 Å². The number of hydrogen-bond donors (Lipinski definition) is 1.